The van der Waals surface area contributed by atoms with Crippen LogP contribution in [0.1, 0.15) is 21.6 Å². The molecule has 138 valence electrons. The Hall–Kier alpha value is -3.12. The van der Waals surface area contributed by atoms with E-state index in [-0.39, 0.29) is 11.6 Å². The van der Waals surface area contributed by atoms with Crippen LogP contribution in [-0.4, -0.2) is 23.0 Å². The zero-order valence-corrected chi connectivity index (χ0v) is 16.0. The smallest absolute Gasteiger partial charge is 0.274 e. The number of nitrogens with one attached hydrogen (secondary N) is 2. The summed E-state index contributed by atoms with van der Waals surface area (Å²) in [6, 6.07) is 12.6. The molecule has 27 heavy (non-hydrogen) atoms. The van der Waals surface area contributed by atoms with Gasteiger partial charge in [0.05, 0.1) is 12.8 Å². The highest BCUT2D eigenvalue weighted by molar-refractivity contribution is 6.31. The van der Waals surface area contributed by atoms with E-state index in [9.17, 15) is 4.79 Å². The Labute approximate surface area is 162 Å². The number of nitrogens with zero attached hydrogens (tertiary/aromatic N) is 2. The van der Waals surface area contributed by atoms with Gasteiger partial charge in [-0.05, 0) is 43.2 Å². The minimum atomic E-state index is -0.387. The number of carbonyl (C=O) groups is 1. The third-order valence-corrected chi connectivity index (χ3v) is 4.28. The maximum atomic E-state index is 12.6. The summed E-state index contributed by atoms with van der Waals surface area (Å²) in [7, 11) is 1.52. The van der Waals surface area contributed by atoms with E-state index in [0.717, 1.165) is 16.8 Å². The Bertz CT molecular complexity index is 971. The standard InChI is InChI=1S/C20H19ClN4O2/c1-12-5-4-6-13(2)19(12)25-18-10-16(22-11-23-18)20(26)24-15-9-14(21)7-8-17(15)27-3/h4-11H,1-3H3,(H,24,26)(H,22,23,25). The van der Waals surface area contributed by atoms with E-state index in [1.54, 1.807) is 24.3 Å². The molecule has 0 aliphatic carbocycles. The number of para-hydroxylation sites is 1. The van der Waals surface area contributed by atoms with Gasteiger partial charge in [-0.3, -0.25) is 4.79 Å². The Morgan fingerprint density at radius 3 is 2.52 bits per heavy atom. The van der Waals surface area contributed by atoms with Crippen molar-refractivity contribution in [1.82, 2.24) is 9.97 Å². The van der Waals surface area contributed by atoms with Gasteiger partial charge in [-0.2, -0.15) is 0 Å². The van der Waals surface area contributed by atoms with E-state index in [1.165, 1.54) is 13.4 Å². The normalized spacial score (nSPS) is 10.4. The predicted molar refractivity (Wildman–Crippen MR) is 107 cm³/mol. The number of methoxy groups -OCH3 is 1. The SMILES string of the molecule is COc1ccc(Cl)cc1NC(=O)c1cc(Nc2c(C)cccc2C)ncn1. The van der Waals surface area contributed by atoms with E-state index >= 15 is 0 Å². The van der Waals surface area contributed by atoms with Crippen molar-refractivity contribution in [2.75, 3.05) is 17.7 Å². The number of aromatic nitrogens is 2. The third-order valence-electron chi connectivity index (χ3n) is 4.04. The molecule has 2 N–H and O–H groups in total. The van der Waals surface area contributed by atoms with Crippen LogP contribution in [0.25, 0.3) is 0 Å². The summed E-state index contributed by atoms with van der Waals surface area (Å²) in [5.74, 6) is 0.656. The van der Waals surface area contributed by atoms with E-state index in [0.29, 0.717) is 22.3 Å². The second-order valence-electron chi connectivity index (χ2n) is 5.98. The molecule has 1 amide bonds. The minimum absolute atomic E-state index is 0.223. The lowest BCUT2D eigenvalue weighted by Gasteiger charge is -2.13. The van der Waals surface area contributed by atoms with Gasteiger partial charge in [0.1, 0.15) is 23.6 Å². The lowest BCUT2D eigenvalue weighted by Crippen LogP contribution is -2.15. The molecule has 0 radical (unpaired) electrons. The summed E-state index contributed by atoms with van der Waals surface area (Å²) in [5.41, 5.74) is 3.82. The molecule has 2 aromatic carbocycles. The Kier molecular flexibility index (Phi) is 5.57. The highest BCUT2D eigenvalue weighted by Gasteiger charge is 2.13. The number of halogens is 1. The Morgan fingerprint density at radius 2 is 1.81 bits per heavy atom. The third kappa shape index (κ3) is 4.35. The molecule has 0 aliphatic heterocycles. The van der Waals surface area contributed by atoms with Crippen LogP contribution in [0.4, 0.5) is 17.2 Å². The number of amides is 1. The van der Waals surface area contributed by atoms with Gasteiger partial charge in [0.2, 0.25) is 0 Å². The molecule has 0 spiro atoms. The molecule has 0 aliphatic rings. The number of hydrogen-bond acceptors (Lipinski definition) is 5. The van der Waals surface area contributed by atoms with Gasteiger partial charge in [-0.25, -0.2) is 9.97 Å². The molecule has 0 saturated carbocycles. The van der Waals surface area contributed by atoms with Crippen LogP contribution in [-0.2, 0) is 0 Å². The van der Waals surface area contributed by atoms with Crippen molar-refractivity contribution in [3.63, 3.8) is 0 Å². The zero-order chi connectivity index (χ0) is 19.4. The fourth-order valence-electron chi connectivity index (χ4n) is 2.65. The first-order valence-electron chi connectivity index (χ1n) is 8.28. The fourth-order valence-corrected chi connectivity index (χ4v) is 2.83. The number of carbonyl (C=O) groups excluding carboxylic acids is 1. The summed E-state index contributed by atoms with van der Waals surface area (Å²) >= 11 is 6.01. The average molecular weight is 383 g/mol. The number of ether oxygens (including phenoxy) is 1. The number of aryl methyl sites for hydroxylation is 2. The van der Waals surface area contributed by atoms with Crippen LogP contribution < -0.4 is 15.4 Å². The molecule has 1 heterocycles. The number of anilines is 3. The van der Waals surface area contributed by atoms with Crippen LogP contribution in [0, 0.1) is 13.8 Å². The van der Waals surface area contributed by atoms with E-state index < -0.39 is 0 Å². The van der Waals surface area contributed by atoms with Crippen molar-refractivity contribution in [3.05, 3.63) is 70.6 Å². The maximum Gasteiger partial charge on any atom is 0.274 e. The van der Waals surface area contributed by atoms with Gasteiger partial charge in [0, 0.05) is 16.8 Å². The Morgan fingerprint density at radius 1 is 1.07 bits per heavy atom. The van der Waals surface area contributed by atoms with E-state index in [4.69, 9.17) is 16.3 Å². The topological polar surface area (TPSA) is 76.1 Å². The minimum Gasteiger partial charge on any atom is -0.495 e. The average Bonchev–Trinajstić information content (AvgIpc) is 2.65. The molecule has 1 aromatic heterocycles. The Balaban J connectivity index is 1.83. The van der Waals surface area contributed by atoms with E-state index in [1.807, 2.05) is 32.0 Å². The number of rotatable bonds is 5. The second kappa shape index (κ2) is 8.05. The summed E-state index contributed by atoms with van der Waals surface area (Å²) < 4.78 is 5.25. The van der Waals surface area contributed by atoms with Crippen molar-refractivity contribution in [2.24, 2.45) is 0 Å². The molecule has 0 fully saturated rings. The van der Waals surface area contributed by atoms with Gasteiger partial charge in [-0.1, -0.05) is 29.8 Å². The van der Waals surface area contributed by atoms with Crippen LogP contribution >= 0.6 is 11.6 Å². The van der Waals surface area contributed by atoms with Crippen molar-refractivity contribution in [2.45, 2.75) is 13.8 Å². The molecule has 0 saturated heterocycles. The van der Waals surface area contributed by atoms with Gasteiger partial charge < -0.3 is 15.4 Å². The molecule has 3 aromatic rings. The monoisotopic (exact) mass is 382 g/mol. The fraction of sp³-hybridized carbons (Fsp3) is 0.150. The largest absolute Gasteiger partial charge is 0.495 e. The van der Waals surface area contributed by atoms with E-state index in [2.05, 4.69) is 20.6 Å². The summed E-state index contributed by atoms with van der Waals surface area (Å²) in [4.78, 5) is 20.9. The molecular weight excluding hydrogens is 364 g/mol. The second-order valence-corrected chi connectivity index (χ2v) is 6.42. The molecule has 6 nitrogen and oxygen atoms in total. The van der Waals surface area contributed by atoms with Gasteiger partial charge in [-0.15, -0.1) is 0 Å². The maximum absolute atomic E-state index is 12.6. The highest BCUT2D eigenvalue weighted by atomic mass is 35.5. The predicted octanol–water partition coefficient (Wildman–Crippen LogP) is 4.75. The van der Waals surface area contributed by atoms with Gasteiger partial charge >= 0.3 is 0 Å². The van der Waals surface area contributed by atoms with Crippen LogP contribution in [0.3, 0.4) is 0 Å². The summed E-state index contributed by atoms with van der Waals surface area (Å²) in [6.45, 7) is 4.02. The van der Waals surface area contributed by atoms with Crippen LogP contribution in [0.2, 0.25) is 5.02 Å². The van der Waals surface area contributed by atoms with Gasteiger partial charge in [0.15, 0.2) is 0 Å². The quantitative estimate of drug-likeness (QED) is 0.665. The molecule has 7 heteroatoms. The molecule has 0 unspecified atom stereocenters. The molecule has 0 atom stereocenters. The highest BCUT2D eigenvalue weighted by Crippen LogP contribution is 2.28. The summed E-state index contributed by atoms with van der Waals surface area (Å²) in [5, 5.41) is 6.51. The lowest BCUT2D eigenvalue weighted by molar-refractivity contribution is 0.102. The zero-order valence-electron chi connectivity index (χ0n) is 15.2. The first kappa shape index (κ1) is 18.7. The van der Waals surface area contributed by atoms with Crippen molar-refractivity contribution >= 4 is 34.7 Å². The molecule has 0 bridgehead atoms. The molecule has 3 rings (SSSR count). The number of hydrogen-bond donors (Lipinski definition) is 2. The first-order chi connectivity index (χ1) is 13.0. The molecular formula is C20H19ClN4O2. The van der Waals surface area contributed by atoms with Gasteiger partial charge in [0.25, 0.3) is 5.91 Å². The summed E-state index contributed by atoms with van der Waals surface area (Å²) in [6.07, 6.45) is 1.35. The van der Waals surface area contributed by atoms with Crippen LogP contribution in [0.5, 0.6) is 5.75 Å². The lowest BCUT2D eigenvalue weighted by atomic mass is 10.1. The number of benzene rings is 2. The first-order valence-corrected chi connectivity index (χ1v) is 8.66. The van der Waals surface area contributed by atoms with Crippen LogP contribution in [0.15, 0.2) is 48.8 Å². The van der Waals surface area contributed by atoms with Crippen molar-refractivity contribution in [3.8, 4) is 5.75 Å². The van der Waals surface area contributed by atoms with Crippen molar-refractivity contribution in [1.29, 1.82) is 0 Å². The van der Waals surface area contributed by atoms with Crippen molar-refractivity contribution < 1.29 is 9.53 Å².